The minimum Gasteiger partial charge on any atom is -0.493 e. The van der Waals surface area contributed by atoms with Crippen LogP contribution in [0.5, 0.6) is 11.5 Å². The van der Waals surface area contributed by atoms with E-state index in [9.17, 15) is 0 Å². The lowest BCUT2D eigenvalue weighted by molar-refractivity contribution is -0.0301. The Balaban J connectivity index is 1.26. The van der Waals surface area contributed by atoms with Crippen molar-refractivity contribution in [2.24, 2.45) is 0 Å². The largest absolute Gasteiger partial charge is 0.493 e. The molecule has 6 nitrogen and oxygen atoms in total. The Labute approximate surface area is 166 Å². The summed E-state index contributed by atoms with van der Waals surface area (Å²) >= 11 is 0. The number of nitrogens with one attached hydrogen (secondary N) is 1. The molecule has 0 spiro atoms. The first-order valence-electron chi connectivity index (χ1n) is 10.1. The molecule has 1 aliphatic carbocycles. The van der Waals surface area contributed by atoms with E-state index >= 15 is 0 Å². The lowest BCUT2D eigenvalue weighted by atomic mass is 10.2. The first-order chi connectivity index (χ1) is 13.8. The molecule has 0 bridgehead atoms. The number of morpholine rings is 1. The molecular weight excluding hydrogens is 354 g/mol. The highest BCUT2D eigenvalue weighted by Gasteiger charge is 2.32. The predicted molar refractivity (Wildman–Crippen MR) is 108 cm³/mol. The first-order valence-corrected chi connectivity index (χ1v) is 10.1. The van der Waals surface area contributed by atoms with Crippen molar-refractivity contribution in [3.63, 3.8) is 0 Å². The average molecular weight is 383 g/mol. The molecule has 1 saturated heterocycles. The van der Waals surface area contributed by atoms with Crippen molar-refractivity contribution in [1.82, 2.24) is 15.2 Å². The summed E-state index contributed by atoms with van der Waals surface area (Å²) in [6, 6.07) is 10.8. The first kappa shape index (κ1) is 19.2. The van der Waals surface area contributed by atoms with E-state index in [1.165, 1.54) is 18.4 Å². The van der Waals surface area contributed by atoms with E-state index in [4.69, 9.17) is 14.2 Å². The van der Waals surface area contributed by atoms with Crippen molar-refractivity contribution in [3.05, 3.63) is 53.9 Å². The minimum atomic E-state index is 0.277. The molecule has 1 aliphatic heterocycles. The fourth-order valence-electron chi connectivity index (χ4n) is 3.60. The number of hydrogen-bond donors (Lipinski definition) is 1. The Kier molecular flexibility index (Phi) is 6.41. The van der Waals surface area contributed by atoms with Gasteiger partial charge in [-0.15, -0.1) is 0 Å². The molecule has 6 heteroatoms. The van der Waals surface area contributed by atoms with Crippen molar-refractivity contribution in [3.8, 4) is 11.5 Å². The molecule has 0 radical (unpaired) electrons. The van der Waals surface area contributed by atoms with Crippen LogP contribution in [0.1, 0.15) is 24.0 Å². The van der Waals surface area contributed by atoms with Crippen molar-refractivity contribution in [1.29, 1.82) is 0 Å². The Morgan fingerprint density at radius 3 is 2.79 bits per heavy atom. The van der Waals surface area contributed by atoms with Gasteiger partial charge >= 0.3 is 0 Å². The summed E-state index contributed by atoms with van der Waals surface area (Å²) in [6.07, 6.45) is 6.53. The molecule has 2 aliphatic rings. The zero-order valence-electron chi connectivity index (χ0n) is 16.5. The lowest BCUT2D eigenvalue weighted by Gasteiger charge is -2.33. The summed E-state index contributed by atoms with van der Waals surface area (Å²) in [5.41, 5.74) is 2.25. The van der Waals surface area contributed by atoms with E-state index in [0.29, 0.717) is 6.61 Å². The summed E-state index contributed by atoms with van der Waals surface area (Å²) in [6.45, 7) is 5.12. The van der Waals surface area contributed by atoms with Crippen molar-refractivity contribution >= 4 is 0 Å². The third-order valence-electron chi connectivity index (χ3n) is 5.31. The van der Waals surface area contributed by atoms with Gasteiger partial charge in [0.1, 0.15) is 6.61 Å². The molecule has 150 valence electrons. The third kappa shape index (κ3) is 5.22. The molecule has 1 N–H and O–H groups in total. The van der Waals surface area contributed by atoms with E-state index in [2.05, 4.69) is 21.3 Å². The smallest absolute Gasteiger partial charge is 0.161 e. The average Bonchev–Trinajstić information content (AvgIpc) is 3.59. The highest BCUT2D eigenvalue weighted by Crippen LogP contribution is 2.29. The number of nitrogens with zero attached hydrogens (tertiary/aromatic N) is 2. The SMILES string of the molecule is COc1cc(CNCC2CN(C3CC3)CCO2)ccc1OCc1ccncc1. The van der Waals surface area contributed by atoms with Gasteiger partial charge in [0.25, 0.3) is 0 Å². The topological polar surface area (TPSA) is 55.9 Å². The molecule has 1 atom stereocenters. The minimum absolute atomic E-state index is 0.277. The molecule has 2 aromatic rings. The van der Waals surface area contributed by atoms with E-state index in [-0.39, 0.29) is 6.10 Å². The van der Waals surface area contributed by atoms with Gasteiger partial charge in [0.15, 0.2) is 11.5 Å². The number of benzene rings is 1. The van der Waals surface area contributed by atoms with Crippen LogP contribution in [-0.4, -0.2) is 55.4 Å². The number of methoxy groups -OCH3 is 1. The molecule has 1 unspecified atom stereocenters. The van der Waals surface area contributed by atoms with Crippen LogP contribution >= 0.6 is 0 Å². The summed E-state index contributed by atoms with van der Waals surface area (Å²) in [5.74, 6) is 1.50. The van der Waals surface area contributed by atoms with Gasteiger partial charge in [-0.2, -0.15) is 0 Å². The van der Waals surface area contributed by atoms with Gasteiger partial charge in [-0.25, -0.2) is 0 Å². The van der Waals surface area contributed by atoms with Crippen molar-refractivity contribution in [2.75, 3.05) is 33.4 Å². The summed E-state index contributed by atoms with van der Waals surface area (Å²) in [7, 11) is 1.67. The standard InChI is InChI=1S/C22H29N3O3/c1-26-22-12-18(2-5-21(22)28-16-17-6-8-23-9-7-17)13-24-14-20-15-25(10-11-27-20)19-3-4-19/h2,5-9,12,19-20,24H,3-4,10-11,13-16H2,1H3. The van der Waals surface area contributed by atoms with Crippen LogP contribution in [0.25, 0.3) is 0 Å². The van der Waals surface area contributed by atoms with Crippen molar-refractivity contribution in [2.45, 2.75) is 38.1 Å². The number of pyridine rings is 1. The highest BCUT2D eigenvalue weighted by molar-refractivity contribution is 5.43. The number of rotatable bonds is 9. The number of aromatic nitrogens is 1. The molecule has 0 amide bonds. The highest BCUT2D eigenvalue weighted by atomic mass is 16.5. The second-order valence-electron chi connectivity index (χ2n) is 7.48. The monoisotopic (exact) mass is 383 g/mol. The summed E-state index contributed by atoms with van der Waals surface area (Å²) in [5, 5.41) is 3.52. The fraction of sp³-hybridized carbons (Fsp3) is 0.500. The van der Waals surface area contributed by atoms with Gasteiger partial charge in [-0.05, 0) is 48.2 Å². The number of hydrogen-bond acceptors (Lipinski definition) is 6. The van der Waals surface area contributed by atoms with E-state index in [1.807, 2.05) is 24.3 Å². The van der Waals surface area contributed by atoms with Crippen LogP contribution in [-0.2, 0) is 17.9 Å². The molecule has 2 heterocycles. The Morgan fingerprint density at radius 2 is 2.00 bits per heavy atom. The zero-order chi connectivity index (χ0) is 19.2. The van der Waals surface area contributed by atoms with Crippen LogP contribution in [0.15, 0.2) is 42.7 Å². The quantitative estimate of drug-likeness (QED) is 0.718. The maximum Gasteiger partial charge on any atom is 0.161 e. The van der Waals surface area contributed by atoms with E-state index in [0.717, 1.165) is 55.9 Å². The maximum atomic E-state index is 5.91. The second kappa shape index (κ2) is 9.37. The Hall–Kier alpha value is -2.15. The van der Waals surface area contributed by atoms with Gasteiger partial charge in [0.05, 0.1) is 19.8 Å². The normalized spacial score (nSPS) is 20.1. The summed E-state index contributed by atoms with van der Waals surface area (Å²) in [4.78, 5) is 6.60. The number of ether oxygens (including phenoxy) is 3. The van der Waals surface area contributed by atoms with Crippen LogP contribution < -0.4 is 14.8 Å². The van der Waals surface area contributed by atoms with E-state index < -0.39 is 0 Å². The molecule has 1 saturated carbocycles. The van der Waals surface area contributed by atoms with Crippen LogP contribution in [0, 0.1) is 0 Å². The molecule has 28 heavy (non-hydrogen) atoms. The molecule has 4 rings (SSSR count). The second-order valence-corrected chi connectivity index (χ2v) is 7.48. The lowest BCUT2D eigenvalue weighted by Crippen LogP contribution is -2.47. The van der Waals surface area contributed by atoms with Gasteiger partial charge < -0.3 is 19.5 Å². The van der Waals surface area contributed by atoms with E-state index in [1.54, 1.807) is 19.5 Å². The summed E-state index contributed by atoms with van der Waals surface area (Å²) < 4.78 is 17.3. The van der Waals surface area contributed by atoms with Gasteiger partial charge in [0.2, 0.25) is 0 Å². The maximum absolute atomic E-state index is 5.91. The molecular formula is C22H29N3O3. The van der Waals surface area contributed by atoms with Gasteiger partial charge in [0, 0.05) is 44.6 Å². The Morgan fingerprint density at radius 1 is 1.14 bits per heavy atom. The van der Waals surface area contributed by atoms with Gasteiger partial charge in [-0.3, -0.25) is 9.88 Å². The van der Waals surface area contributed by atoms with Crippen LogP contribution in [0.4, 0.5) is 0 Å². The Bertz CT molecular complexity index is 752. The molecule has 2 fully saturated rings. The molecule has 1 aromatic heterocycles. The van der Waals surface area contributed by atoms with Crippen LogP contribution in [0.2, 0.25) is 0 Å². The molecule has 1 aromatic carbocycles. The van der Waals surface area contributed by atoms with Crippen molar-refractivity contribution < 1.29 is 14.2 Å². The van der Waals surface area contributed by atoms with Gasteiger partial charge in [-0.1, -0.05) is 6.07 Å². The predicted octanol–water partition coefficient (Wildman–Crippen LogP) is 2.62. The third-order valence-corrected chi connectivity index (χ3v) is 5.31. The van der Waals surface area contributed by atoms with Crippen LogP contribution in [0.3, 0.4) is 0 Å². The fourth-order valence-corrected chi connectivity index (χ4v) is 3.60. The zero-order valence-corrected chi connectivity index (χ0v) is 16.5.